The number of carbonyl (C=O) groups excluding carboxylic acids is 1. The van der Waals surface area contributed by atoms with Crippen LogP contribution in [0, 0.1) is 6.92 Å². The molecular formula is C13H14ClN3OS. The van der Waals surface area contributed by atoms with E-state index < -0.39 is 0 Å². The van der Waals surface area contributed by atoms with Gasteiger partial charge in [0.2, 0.25) is 0 Å². The molecule has 100 valence electrons. The molecule has 2 rings (SSSR count). The summed E-state index contributed by atoms with van der Waals surface area (Å²) in [5.74, 6) is -0.125. The number of nitrogens with two attached hydrogens (primary N) is 1. The molecule has 0 aliphatic rings. The average molecular weight is 296 g/mol. The van der Waals surface area contributed by atoms with E-state index in [2.05, 4.69) is 4.98 Å². The number of thiazole rings is 1. The topological polar surface area (TPSA) is 59.2 Å². The summed E-state index contributed by atoms with van der Waals surface area (Å²) in [6.45, 7) is 2.46. The van der Waals surface area contributed by atoms with Crippen LogP contribution >= 0.6 is 22.9 Å². The molecule has 0 saturated carbocycles. The van der Waals surface area contributed by atoms with Crippen molar-refractivity contribution in [2.45, 2.75) is 13.5 Å². The highest BCUT2D eigenvalue weighted by atomic mass is 35.5. The van der Waals surface area contributed by atoms with Gasteiger partial charge in [-0.2, -0.15) is 0 Å². The van der Waals surface area contributed by atoms with E-state index in [-0.39, 0.29) is 5.91 Å². The standard InChI is InChI=1S/C13H14ClN3OS/c1-8-16-6-10(19-8)7-17(2)13(18)11-4-3-9(14)5-12(11)15/h3-6H,7,15H2,1-2H3. The molecule has 0 atom stereocenters. The van der Waals surface area contributed by atoms with Crippen LogP contribution < -0.4 is 5.73 Å². The van der Waals surface area contributed by atoms with Crippen molar-refractivity contribution in [1.82, 2.24) is 9.88 Å². The van der Waals surface area contributed by atoms with Crippen molar-refractivity contribution in [3.8, 4) is 0 Å². The number of carbonyl (C=O) groups is 1. The van der Waals surface area contributed by atoms with Gasteiger partial charge in [0.15, 0.2) is 0 Å². The summed E-state index contributed by atoms with van der Waals surface area (Å²) >= 11 is 7.40. The average Bonchev–Trinajstić information content (AvgIpc) is 2.74. The van der Waals surface area contributed by atoms with E-state index in [9.17, 15) is 4.79 Å². The summed E-state index contributed by atoms with van der Waals surface area (Å²) < 4.78 is 0. The van der Waals surface area contributed by atoms with E-state index in [1.807, 2.05) is 6.92 Å². The summed E-state index contributed by atoms with van der Waals surface area (Å²) in [6.07, 6.45) is 1.79. The van der Waals surface area contributed by atoms with Gasteiger partial charge in [-0.1, -0.05) is 11.6 Å². The van der Waals surface area contributed by atoms with Crippen molar-refractivity contribution < 1.29 is 4.79 Å². The van der Waals surface area contributed by atoms with Gasteiger partial charge in [0.25, 0.3) is 5.91 Å². The van der Waals surface area contributed by atoms with E-state index in [4.69, 9.17) is 17.3 Å². The Balaban J connectivity index is 2.14. The van der Waals surface area contributed by atoms with Crippen molar-refractivity contribution in [3.05, 3.63) is 44.9 Å². The van der Waals surface area contributed by atoms with Gasteiger partial charge >= 0.3 is 0 Å². The van der Waals surface area contributed by atoms with Crippen LogP contribution in [0.4, 0.5) is 5.69 Å². The molecule has 0 radical (unpaired) electrons. The number of nitrogen functional groups attached to an aromatic ring is 1. The van der Waals surface area contributed by atoms with Gasteiger partial charge in [-0.05, 0) is 25.1 Å². The molecule has 2 aromatic rings. The molecule has 0 spiro atoms. The molecule has 0 aliphatic heterocycles. The van der Waals surface area contributed by atoms with Crippen LogP contribution in [0.1, 0.15) is 20.2 Å². The molecule has 1 amide bonds. The van der Waals surface area contributed by atoms with Gasteiger partial charge in [-0.25, -0.2) is 4.98 Å². The predicted octanol–water partition coefficient (Wildman–Crippen LogP) is 2.96. The lowest BCUT2D eigenvalue weighted by Gasteiger charge is -2.17. The van der Waals surface area contributed by atoms with E-state index >= 15 is 0 Å². The first-order valence-electron chi connectivity index (χ1n) is 5.69. The van der Waals surface area contributed by atoms with Crippen molar-refractivity contribution in [3.63, 3.8) is 0 Å². The number of rotatable bonds is 3. The van der Waals surface area contributed by atoms with Crippen LogP contribution in [0.2, 0.25) is 5.02 Å². The van der Waals surface area contributed by atoms with Crippen LogP contribution in [0.3, 0.4) is 0 Å². The zero-order valence-electron chi connectivity index (χ0n) is 10.7. The van der Waals surface area contributed by atoms with Gasteiger partial charge in [0, 0.05) is 28.8 Å². The maximum atomic E-state index is 12.3. The maximum absolute atomic E-state index is 12.3. The first kappa shape index (κ1) is 13.8. The van der Waals surface area contributed by atoms with Crippen molar-refractivity contribution in [1.29, 1.82) is 0 Å². The molecule has 1 heterocycles. The second-order valence-corrected chi connectivity index (χ2v) is 5.99. The van der Waals surface area contributed by atoms with Crippen LogP contribution in [0.15, 0.2) is 24.4 Å². The first-order valence-corrected chi connectivity index (χ1v) is 6.88. The highest BCUT2D eigenvalue weighted by Gasteiger charge is 2.15. The second-order valence-electron chi connectivity index (χ2n) is 4.24. The van der Waals surface area contributed by atoms with E-state index in [1.165, 1.54) is 0 Å². The molecule has 0 bridgehead atoms. The molecule has 19 heavy (non-hydrogen) atoms. The molecule has 0 aliphatic carbocycles. The summed E-state index contributed by atoms with van der Waals surface area (Å²) in [6, 6.07) is 4.89. The molecule has 0 unspecified atom stereocenters. The number of hydrogen-bond donors (Lipinski definition) is 1. The highest BCUT2D eigenvalue weighted by Crippen LogP contribution is 2.21. The lowest BCUT2D eigenvalue weighted by molar-refractivity contribution is 0.0787. The number of anilines is 1. The summed E-state index contributed by atoms with van der Waals surface area (Å²) in [5.41, 5.74) is 6.68. The fourth-order valence-electron chi connectivity index (χ4n) is 1.72. The minimum absolute atomic E-state index is 0.125. The Bertz CT molecular complexity index is 612. The molecule has 2 N–H and O–H groups in total. The quantitative estimate of drug-likeness (QED) is 0.886. The Morgan fingerprint density at radius 1 is 1.53 bits per heavy atom. The molecule has 6 heteroatoms. The van der Waals surface area contributed by atoms with Crippen molar-refractivity contribution in [2.24, 2.45) is 0 Å². The number of nitrogens with zero attached hydrogens (tertiary/aromatic N) is 2. The summed E-state index contributed by atoms with van der Waals surface area (Å²) in [4.78, 5) is 19.1. The lowest BCUT2D eigenvalue weighted by atomic mass is 10.1. The molecule has 0 fully saturated rings. The molecule has 1 aromatic heterocycles. The smallest absolute Gasteiger partial charge is 0.256 e. The third-order valence-electron chi connectivity index (χ3n) is 2.65. The first-order chi connectivity index (χ1) is 8.97. The molecule has 1 aromatic carbocycles. The van der Waals surface area contributed by atoms with Gasteiger partial charge in [0.1, 0.15) is 0 Å². The lowest BCUT2D eigenvalue weighted by Crippen LogP contribution is -2.26. The van der Waals surface area contributed by atoms with Gasteiger partial charge in [0.05, 0.1) is 17.1 Å². The number of aryl methyl sites for hydroxylation is 1. The number of halogens is 1. The minimum Gasteiger partial charge on any atom is -0.398 e. The maximum Gasteiger partial charge on any atom is 0.256 e. The van der Waals surface area contributed by atoms with Crippen LogP contribution in [-0.4, -0.2) is 22.8 Å². The van der Waals surface area contributed by atoms with Gasteiger partial charge < -0.3 is 10.6 Å². The number of amides is 1. The number of hydrogen-bond acceptors (Lipinski definition) is 4. The Kier molecular flexibility index (Phi) is 4.07. The van der Waals surface area contributed by atoms with Crippen LogP contribution in [0.25, 0.3) is 0 Å². The fourth-order valence-corrected chi connectivity index (χ4v) is 2.75. The second kappa shape index (κ2) is 5.59. The minimum atomic E-state index is -0.125. The normalized spacial score (nSPS) is 10.5. The SMILES string of the molecule is Cc1ncc(CN(C)C(=O)c2ccc(Cl)cc2N)s1. The highest BCUT2D eigenvalue weighted by molar-refractivity contribution is 7.11. The fraction of sp³-hybridized carbons (Fsp3) is 0.231. The summed E-state index contributed by atoms with van der Waals surface area (Å²) in [5, 5.41) is 1.51. The van der Waals surface area contributed by atoms with Crippen molar-refractivity contribution in [2.75, 3.05) is 12.8 Å². The largest absolute Gasteiger partial charge is 0.398 e. The van der Waals surface area contributed by atoms with Gasteiger partial charge in [-0.15, -0.1) is 11.3 Å². The van der Waals surface area contributed by atoms with Gasteiger partial charge in [-0.3, -0.25) is 4.79 Å². The zero-order valence-corrected chi connectivity index (χ0v) is 12.3. The zero-order chi connectivity index (χ0) is 14.0. The molecule has 4 nitrogen and oxygen atoms in total. The Morgan fingerprint density at radius 2 is 2.26 bits per heavy atom. The van der Waals surface area contributed by atoms with Crippen LogP contribution in [0.5, 0.6) is 0 Å². The predicted molar refractivity (Wildman–Crippen MR) is 78.5 cm³/mol. The Hall–Kier alpha value is -1.59. The number of aromatic nitrogens is 1. The third-order valence-corrected chi connectivity index (χ3v) is 3.79. The van der Waals surface area contributed by atoms with Crippen molar-refractivity contribution >= 4 is 34.5 Å². The Labute approximate surface area is 120 Å². The number of benzene rings is 1. The summed E-state index contributed by atoms with van der Waals surface area (Å²) in [7, 11) is 1.74. The monoisotopic (exact) mass is 295 g/mol. The van der Waals surface area contributed by atoms with E-state index in [0.717, 1.165) is 9.88 Å². The van der Waals surface area contributed by atoms with Crippen LogP contribution in [-0.2, 0) is 6.54 Å². The molecule has 0 saturated heterocycles. The third kappa shape index (κ3) is 3.24. The van der Waals surface area contributed by atoms with E-state index in [0.29, 0.717) is 22.8 Å². The van der Waals surface area contributed by atoms with E-state index in [1.54, 1.807) is 47.7 Å². The molecular weight excluding hydrogens is 282 g/mol. The Morgan fingerprint density at radius 3 is 2.84 bits per heavy atom.